The smallest absolute Gasteiger partial charge is 0.257 e. The number of aromatic nitrogens is 2. The topological polar surface area (TPSA) is 44.1 Å². The van der Waals surface area contributed by atoms with Crippen LogP contribution >= 0.6 is 11.8 Å². The molecule has 28 heavy (non-hydrogen) atoms. The number of halogens is 2. The molecule has 0 aliphatic carbocycles. The van der Waals surface area contributed by atoms with Gasteiger partial charge in [-0.2, -0.15) is 0 Å². The highest BCUT2D eigenvalue weighted by atomic mass is 32.2. The molecular formula is C21H20F2N2O2S. The van der Waals surface area contributed by atoms with Crippen LogP contribution in [0.25, 0.3) is 0 Å². The minimum absolute atomic E-state index is 0.115. The van der Waals surface area contributed by atoms with Crippen molar-refractivity contribution in [2.75, 3.05) is 7.11 Å². The Hall–Kier alpha value is -2.67. The third kappa shape index (κ3) is 4.42. The molecule has 0 bridgehead atoms. The van der Waals surface area contributed by atoms with Crippen molar-refractivity contribution < 1.29 is 13.5 Å². The normalized spacial score (nSPS) is 10.9. The van der Waals surface area contributed by atoms with Gasteiger partial charge in [0.2, 0.25) is 0 Å². The van der Waals surface area contributed by atoms with Crippen LogP contribution in [0.1, 0.15) is 22.4 Å². The lowest BCUT2D eigenvalue weighted by Gasteiger charge is -2.12. The van der Waals surface area contributed by atoms with E-state index >= 15 is 0 Å². The molecule has 1 heterocycles. The summed E-state index contributed by atoms with van der Waals surface area (Å²) in [6.07, 6.45) is 0.476. The molecule has 0 aliphatic heterocycles. The SMILES string of the molecule is COc1ccc(Cc2c(C)nc(SCc3ccc(F)c(F)c3)n(C)c2=O)cc1. The van der Waals surface area contributed by atoms with Crippen LogP contribution in [0.2, 0.25) is 0 Å². The Balaban J connectivity index is 1.80. The highest BCUT2D eigenvalue weighted by Gasteiger charge is 2.14. The molecule has 0 amide bonds. The number of methoxy groups -OCH3 is 1. The van der Waals surface area contributed by atoms with Crippen molar-refractivity contribution in [3.05, 3.63) is 86.8 Å². The lowest BCUT2D eigenvalue weighted by atomic mass is 10.1. The fourth-order valence-corrected chi connectivity index (χ4v) is 3.74. The molecule has 0 aliphatic rings. The molecule has 0 fully saturated rings. The zero-order valence-electron chi connectivity index (χ0n) is 15.8. The van der Waals surface area contributed by atoms with Crippen molar-refractivity contribution in [1.82, 2.24) is 9.55 Å². The van der Waals surface area contributed by atoms with Gasteiger partial charge in [-0.05, 0) is 42.3 Å². The Labute approximate surface area is 166 Å². The van der Waals surface area contributed by atoms with Crippen molar-refractivity contribution in [2.45, 2.75) is 24.3 Å². The summed E-state index contributed by atoms with van der Waals surface area (Å²) in [5.74, 6) is -0.617. The summed E-state index contributed by atoms with van der Waals surface area (Å²) in [6.45, 7) is 1.81. The molecule has 0 radical (unpaired) electrons. The molecule has 4 nitrogen and oxygen atoms in total. The van der Waals surface area contributed by atoms with E-state index in [1.807, 2.05) is 31.2 Å². The first kappa shape index (κ1) is 20.1. The van der Waals surface area contributed by atoms with Gasteiger partial charge in [-0.3, -0.25) is 9.36 Å². The predicted molar refractivity (Wildman–Crippen MR) is 106 cm³/mol. The molecule has 0 saturated carbocycles. The van der Waals surface area contributed by atoms with E-state index in [9.17, 15) is 13.6 Å². The van der Waals surface area contributed by atoms with Gasteiger partial charge in [0, 0.05) is 30.5 Å². The molecule has 0 atom stereocenters. The Morgan fingerprint density at radius 2 is 1.75 bits per heavy atom. The van der Waals surface area contributed by atoms with E-state index in [1.165, 1.54) is 22.4 Å². The summed E-state index contributed by atoms with van der Waals surface area (Å²) < 4.78 is 33.1. The highest BCUT2D eigenvalue weighted by Crippen LogP contribution is 2.22. The second-order valence-electron chi connectivity index (χ2n) is 6.38. The largest absolute Gasteiger partial charge is 0.497 e. The average molecular weight is 402 g/mol. The molecule has 0 saturated heterocycles. The van der Waals surface area contributed by atoms with Gasteiger partial charge in [0.05, 0.1) is 7.11 Å². The van der Waals surface area contributed by atoms with Gasteiger partial charge in [-0.15, -0.1) is 0 Å². The number of hydrogen-bond donors (Lipinski definition) is 0. The Morgan fingerprint density at radius 3 is 2.39 bits per heavy atom. The molecule has 3 rings (SSSR count). The third-order valence-corrected chi connectivity index (χ3v) is 5.54. The molecule has 0 unspecified atom stereocenters. The second kappa shape index (κ2) is 8.56. The van der Waals surface area contributed by atoms with Crippen LogP contribution in [0.15, 0.2) is 52.4 Å². The van der Waals surface area contributed by atoms with Gasteiger partial charge in [-0.1, -0.05) is 30.0 Å². The summed E-state index contributed by atoms with van der Waals surface area (Å²) in [6, 6.07) is 11.3. The maximum absolute atomic E-state index is 13.4. The fourth-order valence-electron chi connectivity index (χ4n) is 2.79. The summed E-state index contributed by atoms with van der Waals surface area (Å²) in [4.78, 5) is 17.4. The fraction of sp³-hybridized carbons (Fsp3) is 0.238. The minimum atomic E-state index is -0.883. The number of ether oxygens (including phenoxy) is 1. The van der Waals surface area contributed by atoms with E-state index in [4.69, 9.17) is 4.74 Å². The van der Waals surface area contributed by atoms with Crippen LogP contribution < -0.4 is 10.3 Å². The van der Waals surface area contributed by atoms with Crippen molar-refractivity contribution >= 4 is 11.8 Å². The van der Waals surface area contributed by atoms with Gasteiger partial charge in [-0.25, -0.2) is 13.8 Å². The minimum Gasteiger partial charge on any atom is -0.497 e. The van der Waals surface area contributed by atoms with E-state index in [-0.39, 0.29) is 5.56 Å². The quantitative estimate of drug-likeness (QED) is 0.457. The zero-order chi connectivity index (χ0) is 20.3. The Morgan fingerprint density at radius 1 is 1.07 bits per heavy atom. The van der Waals surface area contributed by atoms with Crippen LogP contribution in [-0.4, -0.2) is 16.7 Å². The van der Waals surface area contributed by atoms with Crippen LogP contribution in [0, 0.1) is 18.6 Å². The van der Waals surface area contributed by atoms with Crippen LogP contribution in [-0.2, 0) is 19.2 Å². The highest BCUT2D eigenvalue weighted by molar-refractivity contribution is 7.98. The average Bonchev–Trinajstić information content (AvgIpc) is 2.70. The molecule has 2 aromatic carbocycles. The van der Waals surface area contributed by atoms with Crippen LogP contribution in [0.3, 0.4) is 0 Å². The maximum atomic E-state index is 13.4. The van der Waals surface area contributed by atoms with Gasteiger partial charge in [0.25, 0.3) is 5.56 Å². The van der Waals surface area contributed by atoms with E-state index in [1.54, 1.807) is 14.2 Å². The number of aryl methyl sites for hydroxylation is 1. The van der Waals surface area contributed by atoms with Crippen molar-refractivity contribution in [3.8, 4) is 5.75 Å². The number of nitrogens with zero attached hydrogens (tertiary/aromatic N) is 2. The monoisotopic (exact) mass is 402 g/mol. The van der Waals surface area contributed by atoms with E-state index in [0.717, 1.165) is 23.4 Å². The van der Waals surface area contributed by atoms with Gasteiger partial charge in [0.1, 0.15) is 5.75 Å². The van der Waals surface area contributed by atoms with Gasteiger partial charge < -0.3 is 4.74 Å². The third-order valence-electron chi connectivity index (χ3n) is 4.44. The molecule has 3 aromatic rings. The molecule has 146 valence electrons. The standard InChI is InChI=1S/C21H20F2N2O2S/c1-13-17(10-14-4-7-16(27-3)8-5-14)20(26)25(2)21(24-13)28-12-15-6-9-18(22)19(23)11-15/h4-9,11H,10,12H2,1-3H3. The molecular weight excluding hydrogens is 382 g/mol. The van der Waals surface area contributed by atoms with Crippen molar-refractivity contribution in [1.29, 1.82) is 0 Å². The number of benzene rings is 2. The van der Waals surface area contributed by atoms with Crippen molar-refractivity contribution in [2.24, 2.45) is 7.05 Å². The lowest BCUT2D eigenvalue weighted by Crippen LogP contribution is -2.25. The van der Waals surface area contributed by atoms with Gasteiger partial charge in [0.15, 0.2) is 16.8 Å². The second-order valence-corrected chi connectivity index (χ2v) is 7.33. The van der Waals surface area contributed by atoms with E-state index in [2.05, 4.69) is 4.98 Å². The zero-order valence-corrected chi connectivity index (χ0v) is 16.6. The number of rotatable bonds is 6. The van der Waals surface area contributed by atoms with Gasteiger partial charge >= 0.3 is 0 Å². The number of thioether (sulfide) groups is 1. The molecule has 0 spiro atoms. The molecule has 7 heteroatoms. The maximum Gasteiger partial charge on any atom is 0.257 e. The molecule has 0 N–H and O–H groups in total. The first-order chi connectivity index (χ1) is 13.4. The van der Waals surface area contributed by atoms with E-state index < -0.39 is 11.6 Å². The first-order valence-corrected chi connectivity index (χ1v) is 9.63. The summed E-state index contributed by atoms with van der Waals surface area (Å²) in [5, 5.41) is 0.533. The summed E-state index contributed by atoms with van der Waals surface area (Å²) in [5.41, 5.74) is 2.79. The Kier molecular flexibility index (Phi) is 6.14. The van der Waals surface area contributed by atoms with E-state index in [0.29, 0.717) is 34.2 Å². The lowest BCUT2D eigenvalue weighted by molar-refractivity contribution is 0.414. The van der Waals surface area contributed by atoms with Crippen molar-refractivity contribution in [3.63, 3.8) is 0 Å². The van der Waals surface area contributed by atoms with Crippen LogP contribution in [0.5, 0.6) is 5.75 Å². The Bertz CT molecular complexity index is 1050. The van der Waals surface area contributed by atoms with Crippen LogP contribution in [0.4, 0.5) is 8.78 Å². The summed E-state index contributed by atoms with van der Waals surface area (Å²) in [7, 11) is 3.27. The number of hydrogen-bond acceptors (Lipinski definition) is 4. The summed E-state index contributed by atoms with van der Waals surface area (Å²) >= 11 is 1.31. The predicted octanol–water partition coefficient (Wildman–Crippen LogP) is 4.26. The molecule has 1 aromatic heterocycles. The first-order valence-electron chi connectivity index (χ1n) is 8.65.